The lowest BCUT2D eigenvalue weighted by Crippen LogP contribution is -2.10. The summed E-state index contributed by atoms with van der Waals surface area (Å²) in [7, 11) is 0. The van der Waals surface area contributed by atoms with Gasteiger partial charge in [0, 0.05) is 63.0 Å². The van der Waals surface area contributed by atoms with Gasteiger partial charge in [0.05, 0.1) is 0 Å². The summed E-state index contributed by atoms with van der Waals surface area (Å²) in [5.74, 6) is 0. The maximum atomic E-state index is 2.39. The predicted octanol–water partition coefficient (Wildman–Crippen LogP) is 14.9. The standard InChI is InChI=1S/C48H31NS2/c1-2-12-32(13-3-1)34-14-10-15-36(30-34)49(37-28-29-47-44(31-37)41-19-7-8-22-45(41)50-47)35-26-24-33(25-27-35)38-16-4-5-17-39(38)42-20-11-21-43-40-18-6-9-23-46(40)51-48(42)43/h1-31H. The number of rotatable bonds is 6. The molecule has 0 atom stereocenters. The van der Waals surface area contributed by atoms with Crippen molar-refractivity contribution in [2.24, 2.45) is 0 Å². The zero-order chi connectivity index (χ0) is 33.7. The fraction of sp³-hybridized carbons (Fsp3) is 0. The van der Waals surface area contributed by atoms with Crippen molar-refractivity contribution in [2.75, 3.05) is 4.90 Å². The lowest BCUT2D eigenvalue weighted by Gasteiger charge is -2.26. The van der Waals surface area contributed by atoms with Gasteiger partial charge in [-0.3, -0.25) is 0 Å². The van der Waals surface area contributed by atoms with Gasteiger partial charge in [0.25, 0.3) is 0 Å². The Hall–Kier alpha value is -6.00. The minimum atomic E-state index is 1.12. The van der Waals surface area contributed by atoms with Gasteiger partial charge >= 0.3 is 0 Å². The molecule has 0 amide bonds. The number of hydrogen-bond donors (Lipinski definition) is 0. The molecule has 3 heteroatoms. The first-order valence-electron chi connectivity index (χ1n) is 17.3. The Morgan fingerprint density at radius 3 is 1.69 bits per heavy atom. The molecule has 8 aromatic carbocycles. The normalized spacial score (nSPS) is 11.5. The Labute approximate surface area is 304 Å². The van der Waals surface area contributed by atoms with Gasteiger partial charge in [-0.15, -0.1) is 22.7 Å². The largest absolute Gasteiger partial charge is 0.310 e. The van der Waals surface area contributed by atoms with Gasteiger partial charge in [-0.25, -0.2) is 0 Å². The van der Waals surface area contributed by atoms with E-state index in [-0.39, 0.29) is 0 Å². The van der Waals surface area contributed by atoms with Crippen molar-refractivity contribution < 1.29 is 0 Å². The average molecular weight is 686 g/mol. The van der Waals surface area contributed by atoms with Gasteiger partial charge in [-0.05, 0) is 82.4 Å². The van der Waals surface area contributed by atoms with Crippen molar-refractivity contribution in [1.82, 2.24) is 0 Å². The summed E-state index contributed by atoms with van der Waals surface area (Å²) in [6.45, 7) is 0. The highest BCUT2D eigenvalue weighted by atomic mass is 32.1. The molecule has 0 N–H and O–H groups in total. The van der Waals surface area contributed by atoms with Crippen molar-refractivity contribution >= 4 is 80.1 Å². The van der Waals surface area contributed by atoms with Gasteiger partial charge in [0.2, 0.25) is 0 Å². The number of thiophene rings is 2. The molecule has 0 fully saturated rings. The van der Waals surface area contributed by atoms with E-state index in [1.165, 1.54) is 73.7 Å². The smallest absolute Gasteiger partial charge is 0.0468 e. The van der Waals surface area contributed by atoms with E-state index in [0.717, 1.165) is 17.1 Å². The van der Waals surface area contributed by atoms with Crippen LogP contribution in [0.25, 0.3) is 73.7 Å². The molecule has 1 nitrogen and oxygen atoms in total. The summed E-state index contributed by atoms with van der Waals surface area (Å²) in [5.41, 5.74) is 10.8. The number of hydrogen-bond acceptors (Lipinski definition) is 3. The summed E-state index contributed by atoms with van der Waals surface area (Å²) >= 11 is 3.74. The molecule has 2 aromatic heterocycles. The topological polar surface area (TPSA) is 3.24 Å². The molecule has 10 aromatic rings. The van der Waals surface area contributed by atoms with Gasteiger partial charge in [0.15, 0.2) is 0 Å². The molecule has 0 spiro atoms. The summed E-state index contributed by atoms with van der Waals surface area (Å²) in [6, 6.07) is 68.6. The molecule has 0 saturated carbocycles. The Kier molecular flexibility index (Phi) is 7.26. The summed E-state index contributed by atoms with van der Waals surface area (Å²) in [4.78, 5) is 2.39. The molecular formula is C48H31NS2. The van der Waals surface area contributed by atoms with Crippen molar-refractivity contribution in [3.05, 3.63) is 188 Å². The predicted molar refractivity (Wildman–Crippen MR) is 223 cm³/mol. The second-order valence-corrected chi connectivity index (χ2v) is 15.0. The molecule has 0 aliphatic heterocycles. The number of anilines is 3. The highest BCUT2D eigenvalue weighted by Crippen LogP contribution is 2.44. The quantitative estimate of drug-likeness (QED) is 0.168. The van der Waals surface area contributed by atoms with Crippen LogP contribution in [0.4, 0.5) is 17.1 Å². The minimum absolute atomic E-state index is 1.12. The van der Waals surface area contributed by atoms with E-state index in [0.29, 0.717) is 0 Å². The van der Waals surface area contributed by atoms with Crippen molar-refractivity contribution in [1.29, 1.82) is 0 Å². The van der Waals surface area contributed by atoms with Crippen molar-refractivity contribution in [3.8, 4) is 33.4 Å². The monoisotopic (exact) mass is 685 g/mol. The highest BCUT2D eigenvalue weighted by molar-refractivity contribution is 7.26. The maximum Gasteiger partial charge on any atom is 0.0468 e. The molecule has 51 heavy (non-hydrogen) atoms. The highest BCUT2D eigenvalue weighted by Gasteiger charge is 2.18. The Morgan fingerprint density at radius 1 is 0.294 bits per heavy atom. The van der Waals surface area contributed by atoms with Crippen LogP contribution in [-0.4, -0.2) is 0 Å². The molecule has 0 aliphatic rings. The third-order valence-corrected chi connectivity index (χ3v) is 12.3. The molecule has 2 heterocycles. The summed E-state index contributed by atoms with van der Waals surface area (Å²) in [5, 5.41) is 5.24. The zero-order valence-electron chi connectivity index (χ0n) is 27.7. The molecule has 0 saturated heterocycles. The Bertz CT molecular complexity index is 2860. The van der Waals surface area contributed by atoms with Crippen LogP contribution in [0.15, 0.2) is 188 Å². The minimum Gasteiger partial charge on any atom is -0.310 e. The molecule has 0 bridgehead atoms. The van der Waals surface area contributed by atoms with Crippen LogP contribution in [0, 0.1) is 0 Å². The van der Waals surface area contributed by atoms with Crippen LogP contribution in [0.1, 0.15) is 0 Å². The summed E-state index contributed by atoms with van der Waals surface area (Å²) < 4.78 is 5.28. The third-order valence-electron chi connectivity index (χ3n) is 9.89. The zero-order valence-corrected chi connectivity index (χ0v) is 29.3. The molecule has 240 valence electrons. The van der Waals surface area contributed by atoms with E-state index in [1.807, 2.05) is 22.7 Å². The first-order valence-corrected chi connectivity index (χ1v) is 18.9. The molecule has 0 aliphatic carbocycles. The molecule has 0 radical (unpaired) electrons. The Balaban J connectivity index is 1.10. The van der Waals surface area contributed by atoms with Crippen LogP contribution in [0.5, 0.6) is 0 Å². The second-order valence-electron chi connectivity index (χ2n) is 12.9. The van der Waals surface area contributed by atoms with Crippen molar-refractivity contribution in [2.45, 2.75) is 0 Å². The SMILES string of the molecule is c1ccc(-c2cccc(N(c3ccc(-c4ccccc4-c4cccc5c4sc4ccccc45)cc3)c3ccc4sc5ccccc5c4c3)c2)cc1. The van der Waals surface area contributed by atoms with Gasteiger partial charge in [-0.2, -0.15) is 0 Å². The van der Waals surface area contributed by atoms with E-state index >= 15 is 0 Å². The fourth-order valence-electron chi connectivity index (χ4n) is 7.47. The average Bonchev–Trinajstić information content (AvgIpc) is 3.77. The van der Waals surface area contributed by atoms with E-state index in [1.54, 1.807) is 0 Å². The lowest BCUT2D eigenvalue weighted by molar-refractivity contribution is 1.29. The Morgan fingerprint density at radius 2 is 0.863 bits per heavy atom. The van der Waals surface area contributed by atoms with Crippen LogP contribution in [0.2, 0.25) is 0 Å². The molecule has 0 unspecified atom stereocenters. The third kappa shape index (κ3) is 5.21. The van der Waals surface area contributed by atoms with Gasteiger partial charge < -0.3 is 4.90 Å². The van der Waals surface area contributed by atoms with E-state index in [4.69, 9.17) is 0 Å². The van der Waals surface area contributed by atoms with Crippen LogP contribution < -0.4 is 4.90 Å². The van der Waals surface area contributed by atoms with Gasteiger partial charge in [0.1, 0.15) is 0 Å². The number of benzene rings is 8. The fourth-order valence-corrected chi connectivity index (χ4v) is 9.79. The first-order chi connectivity index (χ1) is 25.3. The molecular weight excluding hydrogens is 655 g/mol. The van der Waals surface area contributed by atoms with E-state index < -0.39 is 0 Å². The lowest BCUT2D eigenvalue weighted by atomic mass is 9.93. The maximum absolute atomic E-state index is 2.39. The number of nitrogens with zero attached hydrogens (tertiary/aromatic N) is 1. The van der Waals surface area contributed by atoms with E-state index in [9.17, 15) is 0 Å². The summed E-state index contributed by atoms with van der Waals surface area (Å²) in [6.07, 6.45) is 0. The second kappa shape index (κ2) is 12.4. The van der Waals surface area contributed by atoms with Crippen LogP contribution in [-0.2, 0) is 0 Å². The molecule has 10 rings (SSSR count). The number of fused-ring (bicyclic) bond motifs is 6. The van der Waals surface area contributed by atoms with Crippen LogP contribution >= 0.6 is 22.7 Å². The first kappa shape index (κ1) is 29.9. The van der Waals surface area contributed by atoms with E-state index in [2.05, 4.69) is 193 Å². The van der Waals surface area contributed by atoms with Crippen LogP contribution in [0.3, 0.4) is 0 Å². The van der Waals surface area contributed by atoms with Gasteiger partial charge in [-0.1, -0.05) is 133 Å². The van der Waals surface area contributed by atoms with Crippen molar-refractivity contribution in [3.63, 3.8) is 0 Å².